The zero-order chi connectivity index (χ0) is 23.2. The summed E-state index contributed by atoms with van der Waals surface area (Å²) in [6, 6.07) is 2.27. The first-order valence-corrected chi connectivity index (χ1v) is 10.3. The number of anilines is 1. The third kappa shape index (κ3) is 3.65. The fourth-order valence-corrected chi connectivity index (χ4v) is 3.83. The fourth-order valence-electron chi connectivity index (χ4n) is 3.83. The average molecular weight is 443 g/mol. The van der Waals surface area contributed by atoms with Crippen molar-refractivity contribution < 1.29 is 18.8 Å². The zero-order valence-corrected chi connectivity index (χ0v) is 17.8. The molecule has 0 radical (unpaired) electrons. The van der Waals surface area contributed by atoms with Gasteiger partial charge in [-0.05, 0) is 31.4 Å². The predicted molar refractivity (Wildman–Crippen MR) is 117 cm³/mol. The minimum atomic E-state index is -1.12. The molecule has 0 saturated heterocycles. The van der Waals surface area contributed by atoms with E-state index in [-0.39, 0.29) is 34.6 Å². The maximum Gasteiger partial charge on any atom is 0.258 e. The number of hydrogen-bond acceptors (Lipinski definition) is 6. The Balaban J connectivity index is 1.70. The molecule has 3 heterocycles. The van der Waals surface area contributed by atoms with E-state index in [1.807, 2.05) is 0 Å². The van der Waals surface area contributed by atoms with Gasteiger partial charge < -0.3 is 20.4 Å². The van der Waals surface area contributed by atoms with Gasteiger partial charge in [0.1, 0.15) is 23.9 Å². The third-order valence-corrected chi connectivity index (χ3v) is 5.93. The highest BCUT2D eigenvalue weighted by molar-refractivity contribution is 5.97. The molecule has 2 unspecified atom stereocenters. The van der Waals surface area contributed by atoms with Crippen LogP contribution in [0.3, 0.4) is 0 Å². The smallest absolute Gasteiger partial charge is 0.258 e. The van der Waals surface area contributed by atoms with E-state index in [1.54, 1.807) is 33.0 Å². The van der Waals surface area contributed by atoms with Gasteiger partial charge in [-0.25, -0.2) is 13.8 Å². The van der Waals surface area contributed by atoms with Gasteiger partial charge in [-0.1, -0.05) is 12.1 Å². The van der Waals surface area contributed by atoms with E-state index >= 15 is 4.39 Å². The molecular formula is C22H23F2N5O3. The Hall–Kier alpha value is -3.56. The third-order valence-electron chi connectivity index (χ3n) is 5.93. The predicted octanol–water partition coefficient (Wildman–Crippen LogP) is 3.03. The Morgan fingerprint density at radius 2 is 2.16 bits per heavy atom. The molecule has 2 aromatic heterocycles. The second-order valence-electron chi connectivity index (χ2n) is 7.97. The number of aryl methyl sites for hydroxylation is 1. The maximum atomic E-state index is 15.0. The summed E-state index contributed by atoms with van der Waals surface area (Å²) in [5.74, 6) is -1.39. The van der Waals surface area contributed by atoms with E-state index < -0.39 is 29.9 Å². The Morgan fingerprint density at radius 3 is 2.78 bits per heavy atom. The zero-order valence-electron chi connectivity index (χ0n) is 17.8. The number of aromatic nitrogens is 2. The van der Waals surface area contributed by atoms with E-state index in [0.717, 1.165) is 0 Å². The summed E-state index contributed by atoms with van der Waals surface area (Å²) in [7, 11) is 1.57. The van der Waals surface area contributed by atoms with Crippen molar-refractivity contribution in [2.24, 2.45) is 18.1 Å². The first-order valence-electron chi connectivity index (χ1n) is 10.3. The van der Waals surface area contributed by atoms with Crippen LogP contribution < -0.4 is 16.2 Å². The highest BCUT2D eigenvalue weighted by atomic mass is 19.1. The van der Waals surface area contributed by atoms with Gasteiger partial charge in [-0.15, -0.1) is 0 Å². The molecule has 1 fully saturated rings. The molecule has 1 aliphatic carbocycles. The number of nitrogens with zero attached hydrogens (tertiary/aromatic N) is 3. The SMILES string of the molecule is CC/C(=N\O)C1NC=C(c2cc3cnc(NC(=O)[C@H]4CC4F)cc3n(C)c2=O)C(C)=C1F. The molecule has 8 nitrogen and oxygen atoms in total. The van der Waals surface area contributed by atoms with Crippen LogP contribution in [0.5, 0.6) is 0 Å². The van der Waals surface area contributed by atoms with E-state index in [1.165, 1.54) is 17.0 Å². The van der Waals surface area contributed by atoms with Gasteiger partial charge in [0, 0.05) is 42.0 Å². The number of allylic oxidation sites excluding steroid dienone is 2. The van der Waals surface area contributed by atoms with Crippen molar-refractivity contribution in [1.29, 1.82) is 0 Å². The average Bonchev–Trinajstić information content (AvgIpc) is 3.52. The molecule has 0 aromatic carbocycles. The second-order valence-corrected chi connectivity index (χ2v) is 7.97. The number of hydrogen-bond donors (Lipinski definition) is 3. The van der Waals surface area contributed by atoms with Crippen LogP contribution in [0.4, 0.5) is 14.6 Å². The van der Waals surface area contributed by atoms with Gasteiger partial charge >= 0.3 is 0 Å². The Morgan fingerprint density at radius 1 is 1.44 bits per heavy atom. The minimum absolute atomic E-state index is 0.207. The summed E-state index contributed by atoms with van der Waals surface area (Å²) < 4.78 is 29.5. The van der Waals surface area contributed by atoms with Crippen molar-refractivity contribution in [3.05, 3.63) is 51.8 Å². The number of halogens is 2. The van der Waals surface area contributed by atoms with Crippen molar-refractivity contribution in [2.75, 3.05) is 5.32 Å². The van der Waals surface area contributed by atoms with E-state index in [4.69, 9.17) is 5.21 Å². The molecule has 1 saturated carbocycles. The molecule has 1 amide bonds. The number of rotatable bonds is 5. The second kappa shape index (κ2) is 8.18. The topological polar surface area (TPSA) is 109 Å². The van der Waals surface area contributed by atoms with Crippen molar-refractivity contribution in [3.8, 4) is 0 Å². The van der Waals surface area contributed by atoms with Crippen LogP contribution >= 0.6 is 0 Å². The largest absolute Gasteiger partial charge is 0.411 e. The lowest BCUT2D eigenvalue weighted by Gasteiger charge is -2.25. The summed E-state index contributed by atoms with van der Waals surface area (Å²) in [6.07, 6.45) is 2.48. The summed E-state index contributed by atoms with van der Waals surface area (Å²) >= 11 is 0. The van der Waals surface area contributed by atoms with Gasteiger partial charge in [0.05, 0.1) is 17.1 Å². The number of oxime groups is 1. The van der Waals surface area contributed by atoms with E-state index in [0.29, 0.717) is 22.9 Å². The lowest BCUT2D eigenvalue weighted by molar-refractivity contribution is -0.117. The van der Waals surface area contributed by atoms with E-state index in [9.17, 15) is 14.0 Å². The summed E-state index contributed by atoms with van der Waals surface area (Å²) in [6.45, 7) is 3.32. The highest BCUT2D eigenvalue weighted by Gasteiger charge is 2.43. The van der Waals surface area contributed by atoms with E-state index in [2.05, 4.69) is 20.8 Å². The molecule has 10 heteroatoms. The van der Waals surface area contributed by atoms with Gasteiger partial charge in [0.15, 0.2) is 0 Å². The monoisotopic (exact) mass is 443 g/mol. The van der Waals surface area contributed by atoms with Crippen molar-refractivity contribution in [2.45, 2.75) is 38.9 Å². The van der Waals surface area contributed by atoms with Gasteiger partial charge in [0.25, 0.3) is 5.56 Å². The number of nitrogens with one attached hydrogen (secondary N) is 2. The van der Waals surface area contributed by atoms with Crippen LogP contribution in [-0.4, -0.2) is 38.6 Å². The molecule has 3 N–H and O–H groups in total. The van der Waals surface area contributed by atoms with Crippen LogP contribution in [0.2, 0.25) is 0 Å². The molecule has 2 aliphatic rings. The molecule has 32 heavy (non-hydrogen) atoms. The molecule has 1 aliphatic heterocycles. The molecule has 0 bridgehead atoms. The fraction of sp³-hybridized carbons (Fsp3) is 0.364. The van der Waals surface area contributed by atoms with Crippen LogP contribution in [-0.2, 0) is 11.8 Å². The van der Waals surface area contributed by atoms with Crippen molar-refractivity contribution in [3.63, 3.8) is 0 Å². The van der Waals surface area contributed by atoms with Crippen LogP contribution in [0.25, 0.3) is 16.5 Å². The number of fused-ring (bicyclic) bond motifs is 1. The number of carbonyl (C=O) groups is 1. The Kier molecular flexibility index (Phi) is 5.53. The highest BCUT2D eigenvalue weighted by Crippen LogP contribution is 2.35. The standard InChI is InChI=1S/C22H23F2N5O3/c1-4-16(28-32)20-19(24)10(2)14(9-26-20)12-5-11-8-25-18(7-17(11)29(3)22(12)31)27-21(30)13-6-15(13)23/h5,7-9,13,15,20,26,32H,4,6H2,1-3H3,(H,25,27,30)/b28-16+/t13-,15?,20?/m0/s1. The van der Waals surface area contributed by atoms with Crippen LogP contribution in [0.15, 0.2) is 45.9 Å². The van der Waals surface area contributed by atoms with Gasteiger partial charge in [-0.2, -0.15) is 0 Å². The Labute approximate surface area is 182 Å². The summed E-state index contributed by atoms with van der Waals surface area (Å²) in [5, 5.41) is 18.3. The number of amides is 1. The normalized spacial score (nSPS) is 23.1. The maximum absolute atomic E-state index is 15.0. The quantitative estimate of drug-likeness (QED) is 0.374. The molecule has 4 rings (SSSR count). The summed E-state index contributed by atoms with van der Waals surface area (Å²) in [4.78, 5) is 29.3. The summed E-state index contributed by atoms with van der Waals surface area (Å²) in [5.41, 5.74) is 1.32. The minimum Gasteiger partial charge on any atom is -0.411 e. The first kappa shape index (κ1) is 21.7. The molecule has 3 atom stereocenters. The lowest BCUT2D eigenvalue weighted by atomic mass is 9.93. The lowest BCUT2D eigenvalue weighted by Crippen LogP contribution is -2.37. The molecule has 168 valence electrons. The number of alkyl halides is 1. The molecule has 2 aromatic rings. The van der Waals surface area contributed by atoms with Crippen molar-refractivity contribution in [1.82, 2.24) is 14.9 Å². The number of dihydropyridines is 1. The molecule has 0 spiro atoms. The van der Waals surface area contributed by atoms with Gasteiger partial charge in [0.2, 0.25) is 5.91 Å². The number of pyridine rings is 2. The number of carbonyl (C=O) groups excluding carboxylic acids is 1. The van der Waals surface area contributed by atoms with Crippen LogP contribution in [0, 0.1) is 5.92 Å². The molecular weight excluding hydrogens is 420 g/mol. The van der Waals surface area contributed by atoms with Crippen LogP contribution in [0.1, 0.15) is 32.3 Å². The van der Waals surface area contributed by atoms with Gasteiger partial charge in [-0.3, -0.25) is 9.59 Å². The van der Waals surface area contributed by atoms with Crippen molar-refractivity contribution >= 4 is 33.9 Å². The Bertz CT molecular complexity index is 1260. The first-order chi connectivity index (χ1) is 15.3.